The van der Waals surface area contributed by atoms with Crippen molar-refractivity contribution in [1.29, 1.82) is 0 Å². The Balaban J connectivity index is 2.31. The van der Waals surface area contributed by atoms with Crippen molar-refractivity contribution in [3.8, 4) is 5.75 Å². The Morgan fingerprint density at radius 2 is 2.00 bits per heavy atom. The maximum atomic E-state index is 5.80. The zero-order valence-corrected chi connectivity index (χ0v) is 12.6. The average molecular weight is 264 g/mol. The average Bonchev–Trinajstić information content (AvgIpc) is 2.40. The van der Waals surface area contributed by atoms with Gasteiger partial charge in [-0.1, -0.05) is 26.0 Å². The van der Waals surface area contributed by atoms with Gasteiger partial charge < -0.3 is 15.0 Å². The van der Waals surface area contributed by atoms with Gasteiger partial charge in [-0.05, 0) is 50.7 Å². The molecule has 0 saturated heterocycles. The lowest BCUT2D eigenvalue weighted by molar-refractivity contribution is 0.237. The molecule has 0 heterocycles. The minimum Gasteiger partial charge on any atom is -0.492 e. The van der Waals surface area contributed by atoms with Crippen molar-refractivity contribution in [3.05, 3.63) is 29.8 Å². The first-order valence-corrected chi connectivity index (χ1v) is 7.37. The van der Waals surface area contributed by atoms with Gasteiger partial charge in [0.2, 0.25) is 0 Å². The number of benzene rings is 1. The summed E-state index contributed by atoms with van der Waals surface area (Å²) < 4.78 is 5.80. The molecule has 1 aromatic carbocycles. The molecule has 0 radical (unpaired) electrons. The number of rotatable bonds is 10. The third kappa shape index (κ3) is 7.19. The summed E-state index contributed by atoms with van der Waals surface area (Å²) in [5, 5.41) is 3.41. The molecule has 1 aromatic rings. The van der Waals surface area contributed by atoms with Gasteiger partial charge in [0, 0.05) is 13.1 Å². The fourth-order valence-electron chi connectivity index (χ4n) is 1.97. The second-order valence-electron chi connectivity index (χ2n) is 4.98. The minimum atomic E-state index is 0.752. The van der Waals surface area contributed by atoms with Gasteiger partial charge in [0.1, 0.15) is 12.4 Å². The Bertz CT molecular complexity index is 341. The standard InChI is InChI=1S/C16H28N2O/c1-4-9-17-14-15-7-6-8-16(13-15)19-12-11-18(3)10-5-2/h6-8,13,17H,4-5,9-12,14H2,1-3H3. The topological polar surface area (TPSA) is 24.5 Å². The van der Waals surface area contributed by atoms with Crippen LogP contribution in [0.25, 0.3) is 0 Å². The maximum Gasteiger partial charge on any atom is 0.119 e. The summed E-state index contributed by atoms with van der Waals surface area (Å²) in [7, 11) is 2.14. The molecule has 0 saturated carbocycles. The number of hydrogen-bond donors (Lipinski definition) is 1. The third-order valence-electron chi connectivity index (χ3n) is 3.00. The predicted octanol–water partition coefficient (Wildman–Crippen LogP) is 2.91. The highest BCUT2D eigenvalue weighted by molar-refractivity contribution is 5.28. The second-order valence-corrected chi connectivity index (χ2v) is 4.98. The largest absolute Gasteiger partial charge is 0.492 e. The van der Waals surface area contributed by atoms with E-state index in [1.165, 1.54) is 18.4 Å². The van der Waals surface area contributed by atoms with Crippen LogP contribution in [0.3, 0.4) is 0 Å². The van der Waals surface area contributed by atoms with E-state index in [0.29, 0.717) is 0 Å². The summed E-state index contributed by atoms with van der Waals surface area (Å²) in [6.45, 7) is 9.22. The molecule has 0 spiro atoms. The molecule has 0 unspecified atom stereocenters. The van der Waals surface area contributed by atoms with E-state index in [0.717, 1.165) is 38.5 Å². The van der Waals surface area contributed by atoms with Gasteiger partial charge in [-0.15, -0.1) is 0 Å². The van der Waals surface area contributed by atoms with Gasteiger partial charge in [-0.3, -0.25) is 0 Å². The lowest BCUT2D eigenvalue weighted by Crippen LogP contribution is -2.24. The molecular weight excluding hydrogens is 236 g/mol. The van der Waals surface area contributed by atoms with E-state index < -0.39 is 0 Å². The minimum absolute atomic E-state index is 0.752. The Morgan fingerprint density at radius 3 is 2.74 bits per heavy atom. The predicted molar refractivity (Wildman–Crippen MR) is 81.7 cm³/mol. The Labute approximate surface area is 118 Å². The third-order valence-corrected chi connectivity index (χ3v) is 3.00. The summed E-state index contributed by atoms with van der Waals surface area (Å²) in [6.07, 6.45) is 2.36. The molecule has 0 atom stereocenters. The smallest absolute Gasteiger partial charge is 0.119 e. The zero-order chi connectivity index (χ0) is 13.9. The summed E-state index contributed by atoms with van der Waals surface area (Å²) >= 11 is 0. The molecule has 1 rings (SSSR count). The molecule has 3 heteroatoms. The van der Waals surface area contributed by atoms with Crippen LogP contribution < -0.4 is 10.1 Å². The molecular formula is C16H28N2O. The number of nitrogens with zero attached hydrogens (tertiary/aromatic N) is 1. The van der Waals surface area contributed by atoms with Crippen LogP contribution in [0.5, 0.6) is 5.75 Å². The van der Waals surface area contributed by atoms with E-state index in [1.54, 1.807) is 0 Å². The highest BCUT2D eigenvalue weighted by Gasteiger charge is 1.99. The van der Waals surface area contributed by atoms with E-state index in [-0.39, 0.29) is 0 Å². The fourth-order valence-corrected chi connectivity index (χ4v) is 1.97. The zero-order valence-electron chi connectivity index (χ0n) is 12.6. The maximum absolute atomic E-state index is 5.80. The molecule has 108 valence electrons. The van der Waals surface area contributed by atoms with Crippen molar-refractivity contribution in [2.45, 2.75) is 33.2 Å². The summed E-state index contributed by atoms with van der Waals surface area (Å²) in [4.78, 5) is 2.30. The number of nitrogens with one attached hydrogen (secondary N) is 1. The second kappa shape index (κ2) is 9.82. The van der Waals surface area contributed by atoms with Crippen molar-refractivity contribution in [1.82, 2.24) is 10.2 Å². The molecule has 3 nitrogen and oxygen atoms in total. The van der Waals surface area contributed by atoms with Crippen molar-refractivity contribution in [2.75, 3.05) is 33.3 Å². The fraction of sp³-hybridized carbons (Fsp3) is 0.625. The van der Waals surface area contributed by atoms with Crippen LogP contribution in [0.1, 0.15) is 32.3 Å². The lowest BCUT2D eigenvalue weighted by atomic mass is 10.2. The molecule has 0 aromatic heterocycles. The van der Waals surface area contributed by atoms with E-state index in [9.17, 15) is 0 Å². The Hall–Kier alpha value is -1.06. The van der Waals surface area contributed by atoms with Crippen LogP contribution >= 0.6 is 0 Å². The van der Waals surface area contributed by atoms with Crippen molar-refractivity contribution in [2.24, 2.45) is 0 Å². The normalized spacial score (nSPS) is 10.9. The van der Waals surface area contributed by atoms with Crippen LogP contribution in [-0.4, -0.2) is 38.2 Å². The van der Waals surface area contributed by atoms with Gasteiger partial charge in [-0.2, -0.15) is 0 Å². The van der Waals surface area contributed by atoms with Crippen molar-refractivity contribution < 1.29 is 4.74 Å². The number of likely N-dealkylation sites (N-methyl/N-ethyl adjacent to an activating group) is 1. The first-order valence-electron chi connectivity index (χ1n) is 7.37. The molecule has 0 fully saturated rings. The van der Waals surface area contributed by atoms with Gasteiger partial charge in [-0.25, -0.2) is 0 Å². The van der Waals surface area contributed by atoms with Crippen LogP contribution in [0, 0.1) is 0 Å². The van der Waals surface area contributed by atoms with Gasteiger partial charge >= 0.3 is 0 Å². The van der Waals surface area contributed by atoms with Crippen LogP contribution in [0.2, 0.25) is 0 Å². The van der Waals surface area contributed by atoms with E-state index in [4.69, 9.17) is 4.74 Å². The first-order chi connectivity index (χ1) is 9.26. The number of ether oxygens (including phenoxy) is 1. The Morgan fingerprint density at radius 1 is 1.16 bits per heavy atom. The van der Waals surface area contributed by atoms with Gasteiger partial charge in [0.15, 0.2) is 0 Å². The van der Waals surface area contributed by atoms with Crippen LogP contribution in [0.4, 0.5) is 0 Å². The van der Waals surface area contributed by atoms with Crippen LogP contribution in [0.15, 0.2) is 24.3 Å². The number of hydrogen-bond acceptors (Lipinski definition) is 3. The lowest BCUT2D eigenvalue weighted by Gasteiger charge is -2.16. The molecule has 0 aliphatic heterocycles. The van der Waals surface area contributed by atoms with Crippen LogP contribution in [-0.2, 0) is 6.54 Å². The van der Waals surface area contributed by atoms with E-state index in [2.05, 4.69) is 49.3 Å². The molecule has 0 amide bonds. The summed E-state index contributed by atoms with van der Waals surface area (Å²) in [5.74, 6) is 0.973. The molecule has 19 heavy (non-hydrogen) atoms. The summed E-state index contributed by atoms with van der Waals surface area (Å²) in [5.41, 5.74) is 1.29. The summed E-state index contributed by atoms with van der Waals surface area (Å²) in [6, 6.07) is 8.36. The molecule has 0 aliphatic carbocycles. The van der Waals surface area contributed by atoms with Gasteiger partial charge in [0.25, 0.3) is 0 Å². The van der Waals surface area contributed by atoms with Crippen molar-refractivity contribution >= 4 is 0 Å². The van der Waals surface area contributed by atoms with Crippen molar-refractivity contribution in [3.63, 3.8) is 0 Å². The SMILES string of the molecule is CCCNCc1cccc(OCCN(C)CCC)c1. The highest BCUT2D eigenvalue weighted by Crippen LogP contribution is 2.13. The monoisotopic (exact) mass is 264 g/mol. The van der Waals surface area contributed by atoms with E-state index >= 15 is 0 Å². The van der Waals surface area contributed by atoms with Gasteiger partial charge in [0.05, 0.1) is 0 Å². The molecule has 0 aliphatic rings. The highest BCUT2D eigenvalue weighted by atomic mass is 16.5. The Kier molecular flexibility index (Phi) is 8.26. The van der Waals surface area contributed by atoms with E-state index in [1.807, 2.05) is 6.07 Å². The molecule has 1 N–H and O–H groups in total. The first kappa shape index (κ1) is 16.0. The quantitative estimate of drug-likeness (QED) is 0.658. The molecule has 0 bridgehead atoms.